The van der Waals surface area contributed by atoms with Crippen LogP contribution in [-0.4, -0.2) is 41.4 Å². The summed E-state index contributed by atoms with van der Waals surface area (Å²) < 4.78 is 12.8. The number of ether oxygens (including phenoxy) is 2. The highest BCUT2D eigenvalue weighted by atomic mass is 32.1. The molecule has 1 saturated heterocycles. The molecular formula is C31H33N5O3S. The fourth-order valence-electron chi connectivity index (χ4n) is 5.48. The van der Waals surface area contributed by atoms with Crippen LogP contribution in [0.2, 0.25) is 0 Å². The quantitative estimate of drug-likeness (QED) is 0.275. The second kappa shape index (κ2) is 11.5. The molecular weight excluding hydrogens is 522 g/mol. The van der Waals surface area contributed by atoms with Crippen LogP contribution in [0.5, 0.6) is 5.75 Å². The lowest BCUT2D eigenvalue weighted by Gasteiger charge is -2.29. The number of carbonyl (C=O) groups is 1. The van der Waals surface area contributed by atoms with Gasteiger partial charge < -0.3 is 29.6 Å². The third-order valence-corrected chi connectivity index (χ3v) is 7.57. The van der Waals surface area contributed by atoms with Crippen molar-refractivity contribution in [3.05, 3.63) is 101 Å². The number of benzene rings is 2. The first-order chi connectivity index (χ1) is 19.3. The molecule has 1 aliphatic heterocycles. The van der Waals surface area contributed by atoms with Crippen molar-refractivity contribution in [2.75, 3.05) is 31.0 Å². The van der Waals surface area contributed by atoms with E-state index in [4.69, 9.17) is 21.7 Å². The first-order valence-corrected chi connectivity index (χ1v) is 13.5. The maximum Gasteiger partial charge on any atom is 0.250 e. The van der Waals surface area contributed by atoms with E-state index in [9.17, 15) is 4.79 Å². The van der Waals surface area contributed by atoms with Crippen molar-refractivity contribution >= 4 is 34.6 Å². The fourth-order valence-corrected chi connectivity index (χ4v) is 5.83. The lowest BCUT2D eigenvalue weighted by Crippen LogP contribution is -2.29. The number of hydrogen-bond donors (Lipinski definition) is 2. The number of aromatic nitrogens is 2. The van der Waals surface area contributed by atoms with Crippen LogP contribution in [0, 0.1) is 20.8 Å². The van der Waals surface area contributed by atoms with E-state index in [0.717, 1.165) is 34.0 Å². The lowest BCUT2D eigenvalue weighted by atomic mass is 9.96. The largest absolute Gasteiger partial charge is 0.495 e. The molecule has 3 heterocycles. The van der Waals surface area contributed by atoms with Crippen LogP contribution in [0.4, 0.5) is 11.4 Å². The van der Waals surface area contributed by atoms with Crippen LogP contribution in [-0.2, 0) is 9.53 Å². The van der Waals surface area contributed by atoms with E-state index in [1.165, 1.54) is 12.7 Å². The molecule has 0 unspecified atom stereocenters. The van der Waals surface area contributed by atoms with Crippen LogP contribution in [0.25, 0.3) is 5.69 Å². The van der Waals surface area contributed by atoms with Crippen molar-refractivity contribution in [3.8, 4) is 11.4 Å². The molecule has 2 atom stereocenters. The molecule has 2 aromatic carbocycles. The number of nitrogens with zero attached hydrogens (tertiary/aromatic N) is 3. The highest BCUT2D eigenvalue weighted by molar-refractivity contribution is 7.80. The number of thiocarbonyl (C=S) groups is 1. The van der Waals surface area contributed by atoms with Gasteiger partial charge in [-0.25, -0.2) is 0 Å². The van der Waals surface area contributed by atoms with Gasteiger partial charge in [-0.3, -0.25) is 9.78 Å². The highest BCUT2D eigenvalue weighted by Crippen LogP contribution is 2.45. The highest BCUT2D eigenvalue weighted by Gasteiger charge is 2.42. The maximum absolute atomic E-state index is 12.4. The number of aryl methyl sites for hydroxylation is 2. The molecule has 5 rings (SSSR count). The van der Waals surface area contributed by atoms with Crippen molar-refractivity contribution < 1.29 is 14.3 Å². The second-order valence-electron chi connectivity index (χ2n) is 9.81. The van der Waals surface area contributed by atoms with Gasteiger partial charge in [0.05, 0.1) is 30.6 Å². The minimum atomic E-state index is -0.273. The maximum atomic E-state index is 12.4. The molecule has 206 valence electrons. The molecule has 0 spiro atoms. The van der Waals surface area contributed by atoms with Crippen LogP contribution >= 0.6 is 12.2 Å². The van der Waals surface area contributed by atoms with Crippen LogP contribution in [0.15, 0.2) is 72.9 Å². The van der Waals surface area contributed by atoms with E-state index in [-0.39, 0.29) is 24.6 Å². The molecule has 1 amide bonds. The van der Waals surface area contributed by atoms with Crippen molar-refractivity contribution in [2.45, 2.75) is 32.9 Å². The van der Waals surface area contributed by atoms with E-state index >= 15 is 0 Å². The Morgan fingerprint density at radius 1 is 1.05 bits per heavy atom. The summed E-state index contributed by atoms with van der Waals surface area (Å²) in [7, 11) is 3.06. The number of hydrogen-bond acceptors (Lipinski definition) is 5. The summed E-state index contributed by atoms with van der Waals surface area (Å²) in [6.45, 7) is 6.33. The Balaban J connectivity index is 1.66. The first kappa shape index (κ1) is 27.4. The summed E-state index contributed by atoms with van der Waals surface area (Å²) in [5, 5.41) is 7.00. The fraction of sp³-hybridized carbons (Fsp3) is 0.258. The van der Waals surface area contributed by atoms with E-state index in [2.05, 4.69) is 76.2 Å². The number of para-hydroxylation sites is 1. The molecule has 8 nitrogen and oxygen atoms in total. The molecule has 1 aliphatic rings. The number of rotatable bonds is 8. The predicted octanol–water partition coefficient (Wildman–Crippen LogP) is 5.57. The Kier molecular flexibility index (Phi) is 7.86. The molecule has 40 heavy (non-hydrogen) atoms. The van der Waals surface area contributed by atoms with Crippen LogP contribution < -0.4 is 20.3 Å². The molecule has 2 aromatic heterocycles. The van der Waals surface area contributed by atoms with Gasteiger partial charge in [-0.15, -0.1) is 0 Å². The molecule has 0 aliphatic carbocycles. The van der Waals surface area contributed by atoms with Crippen molar-refractivity contribution in [1.82, 2.24) is 14.9 Å². The van der Waals surface area contributed by atoms with Gasteiger partial charge in [-0.1, -0.05) is 24.3 Å². The zero-order valence-electron chi connectivity index (χ0n) is 23.3. The molecule has 1 fully saturated rings. The van der Waals surface area contributed by atoms with Gasteiger partial charge in [0.1, 0.15) is 12.4 Å². The Bertz CT molecular complexity index is 1550. The summed E-state index contributed by atoms with van der Waals surface area (Å²) in [4.78, 5) is 19.2. The van der Waals surface area contributed by atoms with Gasteiger partial charge in [0.2, 0.25) is 5.91 Å². The normalized spacial score (nSPS) is 16.6. The first-order valence-electron chi connectivity index (χ1n) is 13.1. The number of methoxy groups -OCH3 is 2. The zero-order chi connectivity index (χ0) is 28.4. The minimum Gasteiger partial charge on any atom is -0.495 e. The number of carbonyl (C=O) groups excluding carboxylic acids is 1. The number of amides is 1. The van der Waals surface area contributed by atoms with Crippen molar-refractivity contribution in [1.29, 1.82) is 0 Å². The molecule has 0 saturated carbocycles. The zero-order valence-corrected chi connectivity index (χ0v) is 24.1. The van der Waals surface area contributed by atoms with Gasteiger partial charge >= 0.3 is 0 Å². The van der Waals surface area contributed by atoms with E-state index in [1.807, 2.05) is 36.4 Å². The standard InChI is InChI=1S/C31H33N5O3S/c1-19-10-6-7-12-26(19)35-20(2)16-23(21(35)3)30-29(24-11-8-9-15-32-24)34-31(40)36(30)22-13-14-27(39-5)25(17-22)33-28(37)18-38-4/h6-17,29-30H,18H2,1-5H3,(H,33,37)(H,34,40)/t29-,30-/m0/s1. The second-order valence-corrected chi connectivity index (χ2v) is 10.2. The summed E-state index contributed by atoms with van der Waals surface area (Å²) in [5.74, 6) is 0.270. The van der Waals surface area contributed by atoms with Gasteiger partial charge in [0.25, 0.3) is 0 Å². The molecule has 2 N–H and O–H groups in total. The third kappa shape index (κ3) is 5.05. The van der Waals surface area contributed by atoms with Crippen LogP contribution in [0.3, 0.4) is 0 Å². The van der Waals surface area contributed by atoms with Crippen molar-refractivity contribution in [2.24, 2.45) is 0 Å². The Labute approximate surface area is 239 Å². The Hall–Kier alpha value is -4.21. The van der Waals surface area contributed by atoms with E-state index < -0.39 is 0 Å². The van der Waals surface area contributed by atoms with Crippen molar-refractivity contribution in [3.63, 3.8) is 0 Å². The average Bonchev–Trinajstić information content (AvgIpc) is 3.44. The third-order valence-electron chi connectivity index (χ3n) is 7.25. The monoisotopic (exact) mass is 555 g/mol. The topological polar surface area (TPSA) is 80.7 Å². The molecule has 9 heteroatoms. The van der Waals surface area contributed by atoms with E-state index in [0.29, 0.717) is 16.5 Å². The smallest absolute Gasteiger partial charge is 0.250 e. The number of pyridine rings is 1. The summed E-state index contributed by atoms with van der Waals surface area (Å²) in [6, 6.07) is 21.8. The number of anilines is 2. The SMILES string of the molecule is COCC(=O)Nc1cc(N2C(=S)N[C@@H](c3ccccn3)[C@@H]2c2cc(C)n(-c3ccccc3C)c2C)ccc1OC. The summed E-state index contributed by atoms with van der Waals surface area (Å²) in [6.07, 6.45) is 1.80. The van der Waals surface area contributed by atoms with E-state index in [1.54, 1.807) is 13.3 Å². The van der Waals surface area contributed by atoms with Gasteiger partial charge in [-0.2, -0.15) is 0 Å². The Morgan fingerprint density at radius 2 is 1.82 bits per heavy atom. The van der Waals surface area contributed by atoms with Gasteiger partial charge in [-0.05, 0) is 86.6 Å². The minimum absolute atomic E-state index is 0.0632. The Morgan fingerprint density at radius 3 is 2.52 bits per heavy atom. The average molecular weight is 556 g/mol. The van der Waals surface area contributed by atoms with Crippen LogP contribution in [0.1, 0.15) is 40.3 Å². The summed E-state index contributed by atoms with van der Waals surface area (Å²) >= 11 is 5.95. The predicted molar refractivity (Wildman–Crippen MR) is 161 cm³/mol. The lowest BCUT2D eigenvalue weighted by molar-refractivity contribution is -0.119. The number of nitrogens with one attached hydrogen (secondary N) is 2. The molecule has 0 bridgehead atoms. The molecule has 4 aromatic rings. The summed E-state index contributed by atoms with van der Waals surface area (Å²) in [5.41, 5.74) is 7.96. The van der Waals surface area contributed by atoms with Gasteiger partial charge in [0.15, 0.2) is 5.11 Å². The molecule has 0 radical (unpaired) electrons. The van der Waals surface area contributed by atoms with Gasteiger partial charge in [0, 0.05) is 36.1 Å².